The van der Waals surface area contributed by atoms with E-state index in [9.17, 15) is 14.9 Å². The normalized spacial score (nSPS) is 10.8. The van der Waals surface area contributed by atoms with Gasteiger partial charge in [-0.1, -0.05) is 12.1 Å². The number of benzene rings is 2. The molecule has 0 bridgehead atoms. The molecule has 0 saturated carbocycles. The second kappa shape index (κ2) is 6.34. The third-order valence-corrected chi connectivity index (χ3v) is 4.16. The fourth-order valence-electron chi connectivity index (χ4n) is 2.86. The summed E-state index contributed by atoms with van der Waals surface area (Å²) in [6, 6.07) is 16.1. The number of nitro groups is 1. The maximum atomic E-state index is 13.2. The zero-order chi connectivity index (χ0) is 19.0. The summed E-state index contributed by atoms with van der Waals surface area (Å²) in [4.78, 5) is 32.3. The Morgan fingerprint density at radius 1 is 1.00 bits per heavy atom. The molecule has 0 aliphatic rings. The average molecular weight is 359 g/mol. The maximum Gasteiger partial charge on any atom is 0.269 e. The zero-order valence-electron chi connectivity index (χ0n) is 13.9. The van der Waals surface area contributed by atoms with Crippen LogP contribution in [0.5, 0.6) is 0 Å². The molecule has 4 rings (SSSR count). The Kier molecular flexibility index (Phi) is 3.85. The van der Waals surface area contributed by atoms with Gasteiger partial charge in [0.05, 0.1) is 21.7 Å². The van der Waals surface area contributed by atoms with Crippen molar-refractivity contribution in [1.29, 1.82) is 0 Å². The standard InChI is InChI=1S/C19H13N5O3/c20-15-5-1-2-6-16(15)23-18(12-7-9-13(10-8-12)24(26)27)22-17-14(19(23)25)4-3-11-21-17/h1-11H,20H2. The number of pyridine rings is 1. The van der Waals surface area contributed by atoms with E-state index in [1.165, 1.54) is 16.7 Å². The predicted octanol–water partition coefficient (Wildman–Crippen LogP) is 2.94. The van der Waals surface area contributed by atoms with Crippen molar-refractivity contribution in [3.63, 3.8) is 0 Å². The molecule has 0 atom stereocenters. The lowest BCUT2D eigenvalue weighted by Gasteiger charge is -2.15. The van der Waals surface area contributed by atoms with Gasteiger partial charge in [-0.05, 0) is 36.4 Å². The van der Waals surface area contributed by atoms with Crippen LogP contribution in [-0.2, 0) is 0 Å². The molecule has 0 radical (unpaired) electrons. The van der Waals surface area contributed by atoms with Gasteiger partial charge in [0.2, 0.25) is 0 Å². The van der Waals surface area contributed by atoms with Crippen molar-refractivity contribution >= 4 is 22.4 Å². The lowest BCUT2D eigenvalue weighted by Crippen LogP contribution is -2.23. The summed E-state index contributed by atoms with van der Waals surface area (Å²) < 4.78 is 1.40. The summed E-state index contributed by atoms with van der Waals surface area (Å²) in [6.07, 6.45) is 1.55. The van der Waals surface area contributed by atoms with Crippen LogP contribution in [0.1, 0.15) is 0 Å². The lowest BCUT2D eigenvalue weighted by molar-refractivity contribution is -0.384. The maximum absolute atomic E-state index is 13.2. The van der Waals surface area contributed by atoms with Crippen molar-refractivity contribution < 1.29 is 4.92 Å². The fraction of sp³-hybridized carbons (Fsp3) is 0. The number of nitrogen functional groups attached to an aromatic ring is 1. The van der Waals surface area contributed by atoms with Gasteiger partial charge in [0, 0.05) is 23.9 Å². The summed E-state index contributed by atoms with van der Waals surface area (Å²) in [7, 11) is 0. The Morgan fingerprint density at radius 2 is 1.74 bits per heavy atom. The molecule has 8 heteroatoms. The first kappa shape index (κ1) is 16.4. The van der Waals surface area contributed by atoms with Crippen molar-refractivity contribution in [2.75, 3.05) is 5.73 Å². The first-order valence-electron chi connectivity index (χ1n) is 8.04. The van der Waals surface area contributed by atoms with Crippen LogP contribution >= 0.6 is 0 Å². The predicted molar refractivity (Wildman–Crippen MR) is 102 cm³/mol. The molecule has 4 aromatic rings. The van der Waals surface area contributed by atoms with Crippen LogP contribution in [0.2, 0.25) is 0 Å². The van der Waals surface area contributed by atoms with Gasteiger partial charge in [-0.15, -0.1) is 0 Å². The number of anilines is 1. The molecule has 0 spiro atoms. The monoisotopic (exact) mass is 359 g/mol. The highest BCUT2D eigenvalue weighted by Gasteiger charge is 2.17. The quantitative estimate of drug-likeness (QED) is 0.341. The molecule has 2 N–H and O–H groups in total. The van der Waals surface area contributed by atoms with Gasteiger partial charge in [0.15, 0.2) is 5.65 Å². The highest BCUT2D eigenvalue weighted by Crippen LogP contribution is 2.25. The highest BCUT2D eigenvalue weighted by molar-refractivity contribution is 5.78. The van der Waals surface area contributed by atoms with Gasteiger partial charge in [-0.2, -0.15) is 0 Å². The van der Waals surface area contributed by atoms with Gasteiger partial charge in [0.1, 0.15) is 5.82 Å². The molecular formula is C19H13N5O3. The van der Waals surface area contributed by atoms with Crippen molar-refractivity contribution in [3.8, 4) is 17.1 Å². The van der Waals surface area contributed by atoms with Crippen LogP contribution in [0, 0.1) is 10.1 Å². The fourth-order valence-corrected chi connectivity index (χ4v) is 2.86. The number of rotatable bonds is 3. The minimum absolute atomic E-state index is 0.0502. The molecule has 0 aliphatic carbocycles. The minimum atomic E-state index is -0.485. The number of nitrogens with two attached hydrogens (primary N) is 1. The number of fused-ring (bicyclic) bond motifs is 1. The van der Waals surface area contributed by atoms with Gasteiger partial charge < -0.3 is 5.73 Å². The van der Waals surface area contributed by atoms with Gasteiger partial charge in [0.25, 0.3) is 11.2 Å². The van der Waals surface area contributed by atoms with Crippen LogP contribution in [0.15, 0.2) is 71.7 Å². The summed E-state index contributed by atoms with van der Waals surface area (Å²) in [5.41, 5.74) is 7.43. The summed E-state index contributed by atoms with van der Waals surface area (Å²) in [5.74, 6) is 0.305. The molecule has 0 unspecified atom stereocenters. The van der Waals surface area contributed by atoms with Gasteiger partial charge in [-0.3, -0.25) is 19.5 Å². The van der Waals surface area contributed by atoms with Crippen molar-refractivity contribution in [2.24, 2.45) is 0 Å². The largest absolute Gasteiger partial charge is 0.397 e. The Bertz CT molecular complexity index is 1230. The number of hydrogen-bond acceptors (Lipinski definition) is 6. The highest BCUT2D eigenvalue weighted by atomic mass is 16.6. The molecule has 8 nitrogen and oxygen atoms in total. The van der Waals surface area contributed by atoms with E-state index in [0.29, 0.717) is 33.8 Å². The molecule has 0 fully saturated rings. The lowest BCUT2D eigenvalue weighted by atomic mass is 10.1. The number of nitro benzene ring substituents is 1. The number of aromatic nitrogens is 3. The average Bonchev–Trinajstić information content (AvgIpc) is 2.69. The topological polar surface area (TPSA) is 117 Å². The number of hydrogen-bond donors (Lipinski definition) is 1. The first-order chi connectivity index (χ1) is 13.1. The van der Waals surface area contributed by atoms with Crippen LogP contribution in [0.3, 0.4) is 0 Å². The SMILES string of the molecule is Nc1ccccc1-n1c(-c2ccc([N+](=O)[O-])cc2)nc2ncccc2c1=O. The summed E-state index contributed by atoms with van der Waals surface area (Å²) in [6.45, 7) is 0. The Balaban J connectivity index is 2.07. The van der Waals surface area contributed by atoms with E-state index in [4.69, 9.17) is 5.73 Å². The van der Waals surface area contributed by atoms with Crippen molar-refractivity contribution in [2.45, 2.75) is 0 Å². The van der Waals surface area contributed by atoms with E-state index in [1.807, 2.05) is 0 Å². The summed E-state index contributed by atoms with van der Waals surface area (Å²) >= 11 is 0. The molecule has 2 heterocycles. The first-order valence-corrected chi connectivity index (χ1v) is 8.04. The Hall–Kier alpha value is -4.07. The molecule has 132 valence electrons. The molecule has 2 aromatic carbocycles. The Morgan fingerprint density at radius 3 is 2.44 bits per heavy atom. The van der Waals surface area contributed by atoms with E-state index >= 15 is 0 Å². The second-order valence-electron chi connectivity index (χ2n) is 5.81. The second-order valence-corrected chi connectivity index (χ2v) is 5.81. The Labute approximate surface area is 152 Å². The third kappa shape index (κ3) is 2.78. The molecular weight excluding hydrogens is 346 g/mol. The molecule has 0 aliphatic heterocycles. The number of para-hydroxylation sites is 2. The van der Waals surface area contributed by atoms with E-state index in [-0.39, 0.29) is 11.2 Å². The van der Waals surface area contributed by atoms with Crippen LogP contribution < -0.4 is 11.3 Å². The van der Waals surface area contributed by atoms with Gasteiger partial charge in [-0.25, -0.2) is 9.97 Å². The van der Waals surface area contributed by atoms with E-state index in [1.54, 1.807) is 54.7 Å². The molecule has 0 amide bonds. The smallest absolute Gasteiger partial charge is 0.269 e. The zero-order valence-corrected chi connectivity index (χ0v) is 13.9. The van der Waals surface area contributed by atoms with E-state index in [0.717, 1.165) is 0 Å². The minimum Gasteiger partial charge on any atom is -0.397 e. The van der Waals surface area contributed by atoms with Crippen molar-refractivity contribution in [3.05, 3.63) is 87.3 Å². The number of nitrogens with zero attached hydrogens (tertiary/aromatic N) is 4. The van der Waals surface area contributed by atoms with Crippen LogP contribution in [0.4, 0.5) is 11.4 Å². The number of non-ortho nitro benzene ring substituents is 1. The van der Waals surface area contributed by atoms with E-state index in [2.05, 4.69) is 9.97 Å². The van der Waals surface area contributed by atoms with Crippen LogP contribution in [-0.4, -0.2) is 19.5 Å². The summed E-state index contributed by atoms with van der Waals surface area (Å²) in [5, 5.41) is 11.3. The molecule has 0 saturated heterocycles. The molecule has 27 heavy (non-hydrogen) atoms. The van der Waals surface area contributed by atoms with Gasteiger partial charge >= 0.3 is 0 Å². The van der Waals surface area contributed by atoms with Crippen molar-refractivity contribution in [1.82, 2.24) is 14.5 Å². The van der Waals surface area contributed by atoms with Crippen LogP contribution in [0.25, 0.3) is 28.1 Å². The van der Waals surface area contributed by atoms with E-state index < -0.39 is 4.92 Å². The third-order valence-electron chi connectivity index (χ3n) is 4.16. The molecule has 2 aromatic heterocycles.